The maximum absolute atomic E-state index is 2.66. The summed E-state index contributed by atoms with van der Waals surface area (Å²) in [6.45, 7) is 16.7. The first-order chi connectivity index (χ1) is 19.0. The Morgan fingerprint density at radius 2 is 1.19 bits per heavy atom. The SMILES string of the molecule is CC1C=C(c2ccccc2)C=[C]1[Zr+2](=[C]1CCCCC1)[CH]1c2cc(C(C)(C)C)ccc2-c2ccc(C(C)(C)C)cc21.[Cl-].[Cl-]. The number of rotatable bonds is 3. The third-order valence-corrected chi connectivity index (χ3v) is 18.6. The van der Waals surface area contributed by atoms with Crippen molar-refractivity contribution >= 4 is 8.78 Å². The summed E-state index contributed by atoms with van der Waals surface area (Å²) in [6, 6.07) is 26.1. The predicted octanol–water partition coefficient (Wildman–Crippen LogP) is 4.73. The summed E-state index contributed by atoms with van der Waals surface area (Å²) in [5.41, 5.74) is 12.4. The molecule has 0 spiro atoms. The molecule has 3 aromatic rings. The molecule has 3 aliphatic carbocycles. The van der Waals surface area contributed by atoms with Gasteiger partial charge in [0.1, 0.15) is 0 Å². The van der Waals surface area contributed by atoms with Crippen molar-refractivity contribution in [2.24, 2.45) is 5.92 Å². The maximum Gasteiger partial charge on any atom is -1.00 e. The van der Waals surface area contributed by atoms with E-state index in [-0.39, 0.29) is 35.6 Å². The van der Waals surface area contributed by atoms with E-state index in [1.165, 1.54) is 65.5 Å². The van der Waals surface area contributed by atoms with E-state index in [0.717, 1.165) is 0 Å². The van der Waals surface area contributed by atoms with Crippen LogP contribution in [-0.4, -0.2) is 3.21 Å². The minimum Gasteiger partial charge on any atom is -1.00 e. The first-order valence-electron chi connectivity index (χ1n) is 15.5. The van der Waals surface area contributed by atoms with Crippen molar-refractivity contribution in [2.75, 3.05) is 0 Å². The number of hydrogen-bond acceptors (Lipinski definition) is 0. The van der Waals surface area contributed by atoms with Crippen LogP contribution in [0.5, 0.6) is 0 Å². The Bertz CT molecular complexity index is 1470. The van der Waals surface area contributed by atoms with Crippen molar-refractivity contribution in [2.45, 2.75) is 95.0 Å². The van der Waals surface area contributed by atoms with Gasteiger partial charge in [-0.05, 0) is 0 Å². The molecule has 0 nitrogen and oxygen atoms in total. The van der Waals surface area contributed by atoms with Crippen LogP contribution in [0.25, 0.3) is 16.7 Å². The van der Waals surface area contributed by atoms with Gasteiger partial charge in [0.15, 0.2) is 0 Å². The van der Waals surface area contributed by atoms with E-state index in [9.17, 15) is 0 Å². The van der Waals surface area contributed by atoms with Crippen LogP contribution < -0.4 is 24.8 Å². The van der Waals surface area contributed by atoms with Crippen LogP contribution in [0.2, 0.25) is 0 Å². The molecule has 0 amide bonds. The molecule has 3 aromatic carbocycles. The molecule has 0 saturated heterocycles. The molecule has 1 unspecified atom stereocenters. The second-order valence-corrected chi connectivity index (χ2v) is 21.1. The fraction of sp³-hybridized carbons (Fsp3) is 0.410. The van der Waals surface area contributed by atoms with Crippen LogP contribution in [0.4, 0.5) is 0 Å². The van der Waals surface area contributed by atoms with Gasteiger partial charge in [-0.3, -0.25) is 0 Å². The first kappa shape index (κ1) is 33.4. The van der Waals surface area contributed by atoms with Gasteiger partial charge < -0.3 is 24.8 Å². The summed E-state index contributed by atoms with van der Waals surface area (Å²) in [4.78, 5) is 0. The third kappa shape index (κ3) is 6.32. The molecule has 3 aliphatic rings. The van der Waals surface area contributed by atoms with Gasteiger partial charge in [0.05, 0.1) is 0 Å². The van der Waals surface area contributed by atoms with Gasteiger partial charge in [0, 0.05) is 0 Å². The van der Waals surface area contributed by atoms with Gasteiger partial charge in [0.25, 0.3) is 0 Å². The molecule has 1 fully saturated rings. The first-order valence-corrected chi connectivity index (χ1v) is 19.4. The Kier molecular flexibility index (Phi) is 10.2. The zero-order valence-electron chi connectivity index (χ0n) is 26.5. The molecular weight excluding hydrogens is 631 g/mol. The number of hydrogen-bond donors (Lipinski definition) is 0. The zero-order valence-corrected chi connectivity index (χ0v) is 30.4. The van der Waals surface area contributed by atoms with Crippen LogP contribution in [0.3, 0.4) is 0 Å². The normalized spacial score (nSPS) is 18.1. The molecule has 1 atom stereocenters. The van der Waals surface area contributed by atoms with Gasteiger partial charge in [-0.25, -0.2) is 0 Å². The zero-order chi connectivity index (χ0) is 28.2. The van der Waals surface area contributed by atoms with Gasteiger partial charge in [-0.2, -0.15) is 0 Å². The number of benzene rings is 3. The molecule has 0 heterocycles. The van der Waals surface area contributed by atoms with Crippen molar-refractivity contribution in [1.29, 1.82) is 0 Å². The Balaban J connectivity index is 0.00000202. The average Bonchev–Trinajstić information content (AvgIpc) is 3.47. The summed E-state index contributed by atoms with van der Waals surface area (Å²) in [7, 11) is 0. The van der Waals surface area contributed by atoms with Crippen molar-refractivity contribution in [3.63, 3.8) is 0 Å². The molecule has 220 valence electrons. The second kappa shape index (κ2) is 12.8. The molecule has 0 aromatic heterocycles. The summed E-state index contributed by atoms with van der Waals surface area (Å²) < 4.78 is 4.38. The smallest absolute Gasteiger partial charge is 1.00 e. The summed E-state index contributed by atoms with van der Waals surface area (Å²) >= 11 is -2.36. The van der Waals surface area contributed by atoms with Gasteiger partial charge >= 0.3 is 252 Å². The van der Waals surface area contributed by atoms with Crippen LogP contribution in [0, 0.1) is 5.92 Å². The van der Waals surface area contributed by atoms with E-state index >= 15 is 0 Å². The van der Waals surface area contributed by atoms with Crippen LogP contribution >= 0.6 is 0 Å². The third-order valence-electron chi connectivity index (χ3n) is 9.52. The molecule has 0 radical (unpaired) electrons. The van der Waals surface area contributed by atoms with E-state index in [4.69, 9.17) is 0 Å². The molecule has 0 N–H and O–H groups in total. The van der Waals surface area contributed by atoms with Crippen molar-refractivity contribution in [3.8, 4) is 11.1 Å². The number of halogens is 2. The molecule has 0 aliphatic heterocycles. The maximum atomic E-state index is 2.66. The van der Waals surface area contributed by atoms with Crippen LogP contribution in [0.1, 0.15) is 112 Å². The second-order valence-electron chi connectivity index (χ2n) is 14.5. The van der Waals surface area contributed by atoms with Gasteiger partial charge in [0.2, 0.25) is 0 Å². The molecule has 0 bridgehead atoms. The standard InChI is InChI=1S/C21H25.C12H11.C6H10.2ClH.Zr/c1-20(2,3)16-7-9-18-14(12-16)11-15-13-17(21(4,5)6)8-10-19(15)18;1-10-7-8-12(9-10)11-5-3-2-4-6-11;1-2-4-6-5-3-1;;;/h7-13H,1-6H3;2-6,8-10H,1H3;1-5H2;2*1H;/q;;;;;+2/p-2. The van der Waals surface area contributed by atoms with E-state index in [0.29, 0.717) is 9.54 Å². The fourth-order valence-corrected chi connectivity index (χ4v) is 17.1. The fourth-order valence-electron chi connectivity index (χ4n) is 7.17. The Labute approximate surface area is 275 Å². The molecule has 3 heteroatoms. The molecule has 1 saturated carbocycles. The van der Waals surface area contributed by atoms with Crippen molar-refractivity contribution < 1.29 is 46.1 Å². The molecule has 6 rings (SSSR count). The van der Waals surface area contributed by atoms with Crippen molar-refractivity contribution in [3.05, 3.63) is 110 Å². The Morgan fingerprint density at radius 3 is 1.69 bits per heavy atom. The van der Waals surface area contributed by atoms with E-state index in [1.807, 2.05) is 6.49 Å². The Hall–Kier alpha value is -1.53. The van der Waals surface area contributed by atoms with E-state index < -0.39 is 21.3 Å². The Morgan fingerprint density at radius 1 is 0.667 bits per heavy atom. The molecular formula is C39H46Cl2Zr. The van der Waals surface area contributed by atoms with E-state index in [2.05, 4.69) is 127 Å². The largest absolute Gasteiger partial charge is 1.00 e. The van der Waals surface area contributed by atoms with Crippen LogP contribution in [0.15, 0.2) is 82.2 Å². The van der Waals surface area contributed by atoms with Gasteiger partial charge in [-0.1, -0.05) is 0 Å². The minimum absolute atomic E-state index is 0. The van der Waals surface area contributed by atoms with Crippen LogP contribution in [-0.2, 0) is 32.1 Å². The number of fused-ring (bicyclic) bond motifs is 3. The number of allylic oxidation sites excluding steroid dienone is 4. The quantitative estimate of drug-likeness (QED) is 0.377. The summed E-state index contributed by atoms with van der Waals surface area (Å²) in [5.74, 6) is 0.531. The van der Waals surface area contributed by atoms with E-state index in [1.54, 1.807) is 11.1 Å². The molecule has 42 heavy (non-hydrogen) atoms. The predicted molar refractivity (Wildman–Crippen MR) is 171 cm³/mol. The topological polar surface area (TPSA) is 0 Å². The summed E-state index contributed by atoms with van der Waals surface area (Å²) in [5, 5.41) is 0. The summed E-state index contributed by atoms with van der Waals surface area (Å²) in [6.07, 6.45) is 12.1. The average molecular weight is 677 g/mol. The van der Waals surface area contributed by atoms with Crippen molar-refractivity contribution in [1.82, 2.24) is 0 Å². The minimum atomic E-state index is -2.36. The van der Waals surface area contributed by atoms with Gasteiger partial charge in [-0.15, -0.1) is 0 Å². The monoisotopic (exact) mass is 674 g/mol.